The van der Waals surface area contributed by atoms with Crippen molar-refractivity contribution in [1.82, 2.24) is 10.3 Å². The van der Waals surface area contributed by atoms with E-state index in [0.717, 1.165) is 0 Å². The molecule has 0 saturated heterocycles. The number of nitrogens with zero attached hydrogens (tertiary/aromatic N) is 1. The molecular formula is C12H14N2O3. The monoisotopic (exact) mass is 234 g/mol. The summed E-state index contributed by atoms with van der Waals surface area (Å²) in [6.45, 7) is 1.85. The molecule has 0 aliphatic carbocycles. The van der Waals surface area contributed by atoms with Crippen LogP contribution < -0.4 is 5.32 Å². The zero-order chi connectivity index (χ0) is 12.7. The third-order valence-electron chi connectivity index (χ3n) is 2.02. The zero-order valence-corrected chi connectivity index (χ0v) is 9.77. The van der Waals surface area contributed by atoms with E-state index in [1.807, 2.05) is 0 Å². The van der Waals surface area contributed by atoms with Crippen LogP contribution in [0.1, 0.15) is 22.8 Å². The lowest BCUT2D eigenvalue weighted by molar-refractivity contribution is -0.118. The molecule has 0 spiro atoms. The number of methoxy groups -OCH3 is 1. The predicted octanol–water partition coefficient (Wildman–Crippen LogP) is 1.02. The lowest BCUT2D eigenvalue weighted by Gasteiger charge is -2.02. The van der Waals surface area contributed by atoms with E-state index in [0.29, 0.717) is 17.7 Å². The summed E-state index contributed by atoms with van der Waals surface area (Å²) in [6.07, 6.45) is 6.55. The molecule has 5 heteroatoms. The van der Waals surface area contributed by atoms with Gasteiger partial charge in [0.15, 0.2) is 0 Å². The van der Waals surface area contributed by atoms with Crippen molar-refractivity contribution in [2.45, 2.75) is 6.92 Å². The minimum atomic E-state index is -0.411. The maximum atomic E-state index is 11.4. The van der Waals surface area contributed by atoms with Gasteiger partial charge >= 0.3 is 5.97 Å². The Balaban J connectivity index is 2.76. The van der Waals surface area contributed by atoms with Gasteiger partial charge in [-0.15, -0.1) is 0 Å². The molecule has 1 aromatic rings. The number of aromatic nitrogens is 1. The maximum absolute atomic E-state index is 11.4. The van der Waals surface area contributed by atoms with Crippen LogP contribution in [0.4, 0.5) is 0 Å². The van der Waals surface area contributed by atoms with E-state index in [-0.39, 0.29) is 5.91 Å². The van der Waals surface area contributed by atoms with Gasteiger partial charge in [-0.3, -0.25) is 9.78 Å². The van der Waals surface area contributed by atoms with Gasteiger partial charge in [-0.1, -0.05) is 12.2 Å². The topological polar surface area (TPSA) is 68.3 Å². The number of hydrogen-bond donors (Lipinski definition) is 1. The molecular weight excluding hydrogens is 220 g/mol. The van der Waals surface area contributed by atoms with E-state index in [9.17, 15) is 9.59 Å². The van der Waals surface area contributed by atoms with Crippen molar-refractivity contribution >= 4 is 18.0 Å². The fourth-order valence-corrected chi connectivity index (χ4v) is 1.22. The van der Waals surface area contributed by atoms with E-state index < -0.39 is 5.97 Å². The number of esters is 1. The van der Waals surface area contributed by atoms with Crippen molar-refractivity contribution in [3.05, 3.63) is 35.7 Å². The normalized spacial score (nSPS) is 10.2. The van der Waals surface area contributed by atoms with E-state index in [1.54, 1.807) is 24.4 Å². The number of amides is 1. The first kappa shape index (κ1) is 12.9. The molecule has 0 saturated carbocycles. The second-order valence-electron chi connectivity index (χ2n) is 3.29. The molecule has 0 aliphatic heterocycles. The van der Waals surface area contributed by atoms with Gasteiger partial charge in [-0.25, -0.2) is 4.79 Å². The zero-order valence-electron chi connectivity index (χ0n) is 9.77. The van der Waals surface area contributed by atoms with Gasteiger partial charge in [0, 0.05) is 31.4 Å². The Bertz CT molecular complexity index is 441. The molecule has 0 atom stereocenters. The lowest BCUT2D eigenvalue weighted by Crippen LogP contribution is -2.19. The van der Waals surface area contributed by atoms with Crippen molar-refractivity contribution in [2.24, 2.45) is 0 Å². The summed E-state index contributed by atoms with van der Waals surface area (Å²) in [7, 11) is 1.33. The minimum Gasteiger partial charge on any atom is -0.465 e. The number of ether oxygens (including phenoxy) is 1. The highest BCUT2D eigenvalue weighted by atomic mass is 16.5. The first-order valence-electron chi connectivity index (χ1n) is 5.08. The van der Waals surface area contributed by atoms with Gasteiger partial charge in [0.1, 0.15) is 0 Å². The van der Waals surface area contributed by atoms with E-state index in [2.05, 4.69) is 15.0 Å². The summed E-state index contributed by atoms with van der Waals surface area (Å²) in [6, 6.07) is 1.59. The van der Waals surface area contributed by atoms with Gasteiger partial charge < -0.3 is 10.1 Å². The molecule has 17 heavy (non-hydrogen) atoms. The summed E-state index contributed by atoms with van der Waals surface area (Å²) in [5.41, 5.74) is 1.10. The van der Waals surface area contributed by atoms with Crippen LogP contribution in [0.2, 0.25) is 0 Å². The molecule has 0 radical (unpaired) electrons. The van der Waals surface area contributed by atoms with Crippen molar-refractivity contribution in [3.63, 3.8) is 0 Å². The summed E-state index contributed by atoms with van der Waals surface area (Å²) >= 11 is 0. The van der Waals surface area contributed by atoms with Gasteiger partial charge in [0.2, 0.25) is 5.91 Å². The number of carbonyl (C=O) groups excluding carboxylic acids is 2. The van der Waals surface area contributed by atoms with Crippen LogP contribution in [-0.4, -0.2) is 30.5 Å². The number of carbonyl (C=O) groups is 2. The van der Waals surface area contributed by atoms with Gasteiger partial charge in [-0.05, 0) is 6.07 Å². The van der Waals surface area contributed by atoms with E-state index >= 15 is 0 Å². The highest BCUT2D eigenvalue weighted by Gasteiger charge is 2.08. The predicted molar refractivity (Wildman–Crippen MR) is 63.3 cm³/mol. The molecule has 0 aliphatic rings. The fourth-order valence-electron chi connectivity index (χ4n) is 1.22. The number of nitrogens with one attached hydrogen (secondary N) is 1. The lowest BCUT2D eigenvalue weighted by atomic mass is 10.1. The smallest absolute Gasteiger partial charge is 0.338 e. The van der Waals surface area contributed by atoms with Gasteiger partial charge in [0.25, 0.3) is 0 Å². The quantitative estimate of drug-likeness (QED) is 0.790. The maximum Gasteiger partial charge on any atom is 0.338 e. The molecule has 90 valence electrons. The SMILES string of the molecule is COC(=O)c1ccncc1C=CCNC(C)=O. The molecule has 1 rings (SSSR count). The second-order valence-corrected chi connectivity index (χ2v) is 3.29. The third-order valence-corrected chi connectivity index (χ3v) is 2.02. The van der Waals surface area contributed by atoms with Crippen LogP contribution in [0.15, 0.2) is 24.5 Å². The molecule has 0 unspecified atom stereocenters. The molecule has 1 aromatic heterocycles. The van der Waals surface area contributed by atoms with Crippen LogP contribution in [0, 0.1) is 0 Å². The minimum absolute atomic E-state index is 0.103. The Hall–Kier alpha value is -2.17. The van der Waals surface area contributed by atoms with Crippen molar-refractivity contribution in [3.8, 4) is 0 Å². The molecule has 0 fully saturated rings. The van der Waals surface area contributed by atoms with Crippen molar-refractivity contribution in [1.29, 1.82) is 0 Å². The van der Waals surface area contributed by atoms with Gasteiger partial charge in [-0.2, -0.15) is 0 Å². The summed E-state index contributed by atoms with van der Waals surface area (Å²) in [5, 5.41) is 2.62. The largest absolute Gasteiger partial charge is 0.465 e. The molecule has 0 bridgehead atoms. The fraction of sp³-hybridized carbons (Fsp3) is 0.250. The first-order chi connectivity index (χ1) is 8.15. The molecule has 1 amide bonds. The average Bonchev–Trinajstić information content (AvgIpc) is 2.34. The van der Waals surface area contributed by atoms with Crippen LogP contribution in [0.3, 0.4) is 0 Å². The Labute approximate surface area is 99.5 Å². The molecule has 1 heterocycles. The number of pyridine rings is 1. The summed E-state index contributed by atoms with van der Waals surface area (Å²) in [5.74, 6) is -0.513. The van der Waals surface area contributed by atoms with E-state index in [1.165, 1.54) is 20.2 Å². The summed E-state index contributed by atoms with van der Waals surface area (Å²) in [4.78, 5) is 26.0. The van der Waals surface area contributed by atoms with Gasteiger partial charge in [0.05, 0.1) is 12.7 Å². The molecule has 1 N–H and O–H groups in total. The Morgan fingerprint density at radius 2 is 2.29 bits per heavy atom. The second kappa shape index (κ2) is 6.42. The highest BCUT2D eigenvalue weighted by molar-refractivity contribution is 5.93. The Kier molecular flexibility index (Phi) is 4.87. The van der Waals surface area contributed by atoms with Crippen LogP contribution in [-0.2, 0) is 9.53 Å². The van der Waals surface area contributed by atoms with Crippen LogP contribution in [0.25, 0.3) is 6.08 Å². The highest BCUT2D eigenvalue weighted by Crippen LogP contribution is 2.09. The summed E-state index contributed by atoms with van der Waals surface area (Å²) < 4.78 is 4.65. The van der Waals surface area contributed by atoms with Crippen LogP contribution in [0.5, 0.6) is 0 Å². The standard InChI is InChI=1S/C12H14N2O3/c1-9(15)14-6-3-4-10-8-13-7-5-11(10)12(16)17-2/h3-5,7-8H,6H2,1-2H3,(H,14,15). The number of rotatable bonds is 4. The van der Waals surface area contributed by atoms with Crippen molar-refractivity contribution in [2.75, 3.05) is 13.7 Å². The van der Waals surface area contributed by atoms with Crippen LogP contribution >= 0.6 is 0 Å². The Morgan fingerprint density at radius 1 is 1.53 bits per heavy atom. The number of hydrogen-bond acceptors (Lipinski definition) is 4. The average molecular weight is 234 g/mol. The Morgan fingerprint density at radius 3 is 2.94 bits per heavy atom. The molecule has 0 aromatic carbocycles. The molecule has 5 nitrogen and oxygen atoms in total. The van der Waals surface area contributed by atoms with E-state index in [4.69, 9.17) is 0 Å². The van der Waals surface area contributed by atoms with Crippen molar-refractivity contribution < 1.29 is 14.3 Å². The third kappa shape index (κ3) is 4.06. The first-order valence-corrected chi connectivity index (χ1v) is 5.08.